The molecule has 0 saturated heterocycles. The van der Waals surface area contributed by atoms with Crippen LogP contribution in [0.4, 0.5) is 0 Å². The molecule has 0 heterocycles. The van der Waals surface area contributed by atoms with Crippen LogP contribution < -0.4 is 18.9 Å². The molecular formula is C40H50O8S2. The molecule has 0 aromatic heterocycles. The maximum Gasteiger partial charge on any atom is 0.206 e. The molecule has 4 aromatic rings. The Kier molecular flexibility index (Phi) is 14.2. The van der Waals surface area contributed by atoms with E-state index in [1.807, 2.05) is 6.92 Å². The van der Waals surface area contributed by atoms with Crippen LogP contribution in [0.2, 0.25) is 0 Å². The Bertz CT molecular complexity index is 1820. The Labute approximate surface area is 298 Å². The Morgan fingerprint density at radius 2 is 0.800 bits per heavy atom. The van der Waals surface area contributed by atoms with Gasteiger partial charge < -0.3 is 18.9 Å². The second kappa shape index (κ2) is 18.3. The lowest BCUT2D eigenvalue weighted by atomic mass is 10.1. The summed E-state index contributed by atoms with van der Waals surface area (Å²) in [4.78, 5) is 0.704. The molecule has 1 atom stereocenters. The van der Waals surface area contributed by atoms with Crippen molar-refractivity contribution in [1.82, 2.24) is 0 Å². The van der Waals surface area contributed by atoms with Crippen LogP contribution in [-0.2, 0) is 19.7 Å². The summed E-state index contributed by atoms with van der Waals surface area (Å²) in [5.74, 6) is 3.53. The fourth-order valence-electron chi connectivity index (χ4n) is 5.09. The predicted octanol–water partition coefficient (Wildman–Crippen LogP) is 9.22. The molecule has 270 valence electrons. The minimum absolute atomic E-state index is 0.162. The molecule has 1 unspecified atom stereocenters. The lowest BCUT2D eigenvalue weighted by Gasteiger charge is -2.18. The molecule has 4 rings (SSSR count). The highest BCUT2D eigenvalue weighted by Gasteiger charge is 2.20. The van der Waals surface area contributed by atoms with Gasteiger partial charge in [-0.1, -0.05) is 34.6 Å². The molecule has 0 bridgehead atoms. The van der Waals surface area contributed by atoms with Crippen molar-refractivity contribution in [3.05, 3.63) is 97.1 Å². The van der Waals surface area contributed by atoms with E-state index in [4.69, 9.17) is 18.9 Å². The van der Waals surface area contributed by atoms with Crippen molar-refractivity contribution in [3.8, 4) is 23.0 Å². The molecule has 8 nitrogen and oxygen atoms in total. The van der Waals surface area contributed by atoms with E-state index in [1.54, 1.807) is 72.8 Å². The molecule has 4 aromatic carbocycles. The van der Waals surface area contributed by atoms with Gasteiger partial charge in [0, 0.05) is 0 Å². The summed E-state index contributed by atoms with van der Waals surface area (Å²) in [6.45, 7) is 12.0. The fourth-order valence-corrected chi connectivity index (χ4v) is 7.62. The molecular weight excluding hydrogens is 673 g/mol. The van der Waals surface area contributed by atoms with Gasteiger partial charge in [-0.25, -0.2) is 16.8 Å². The number of hydrogen-bond acceptors (Lipinski definition) is 8. The molecule has 0 amide bonds. The van der Waals surface area contributed by atoms with E-state index in [0.29, 0.717) is 54.5 Å². The minimum Gasteiger partial charge on any atom is -0.494 e. The van der Waals surface area contributed by atoms with Crippen LogP contribution in [0, 0.1) is 11.8 Å². The van der Waals surface area contributed by atoms with Crippen molar-refractivity contribution in [2.75, 3.05) is 19.8 Å². The maximum absolute atomic E-state index is 13.2. The van der Waals surface area contributed by atoms with Crippen molar-refractivity contribution in [2.45, 2.75) is 92.4 Å². The standard InChI is InChI=1S/C40H50O8S2/c1-6-32(48-36-17-25-40(26-18-36)50(43,44)38-21-13-34(14-22-38)46-28-8-10-31(4)5)29-47-35-15-23-39(24-16-35)49(41,42)37-19-11-33(12-20-37)45-27-7-9-30(2)3/h11-26,30-32H,6-10,27-29H2,1-5H3. The maximum atomic E-state index is 13.2. The van der Waals surface area contributed by atoms with Gasteiger partial charge in [-0.2, -0.15) is 0 Å². The van der Waals surface area contributed by atoms with Crippen LogP contribution in [0.1, 0.15) is 66.7 Å². The van der Waals surface area contributed by atoms with Crippen LogP contribution in [-0.4, -0.2) is 42.8 Å². The molecule has 0 N–H and O–H groups in total. The Balaban J connectivity index is 1.28. The number of hydrogen-bond donors (Lipinski definition) is 0. The van der Waals surface area contributed by atoms with E-state index < -0.39 is 19.7 Å². The lowest BCUT2D eigenvalue weighted by molar-refractivity contribution is 0.125. The largest absolute Gasteiger partial charge is 0.494 e. The third-order valence-corrected chi connectivity index (χ3v) is 11.7. The fraction of sp³-hybridized carbons (Fsp3) is 0.400. The molecule has 0 spiro atoms. The Hall–Kier alpha value is -4.02. The monoisotopic (exact) mass is 722 g/mol. The molecule has 0 aliphatic heterocycles. The second-order valence-electron chi connectivity index (χ2n) is 13.1. The average Bonchev–Trinajstić information content (AvgIpc) is 3.11. The van der Waals surface area contributed by atoms with E-state index >= 15 is 0 Å². The molecule has 0 radical (unpaired) electrons. The SMILES string of the molecule is CCC(COc1ccc(S(=O)(=O)c2ccc(OCCCC(C)C)cc2)cc1)Oc1ccc(S(=O)(=O)c2ccc(OCCCC(C)C)cc2)cc1. The topological polar surface area (TPSA) is 105 Å². The van der Waals surface area contributed by atoms with Gasteiger partial charge >= 0.3 is 0 Å². The van der Waals surface area contributed by atoms with Crippen LogP contribution in [0.15, 0.2) is 117 Å². The van der Waals surface area contributed by atoms with Crippen molar-refractivity contribution in [2.24, 2.45) is 11.8 Å². The van der Waals surface area contributed by atoms with Crippen LogP contribution >= 0.6 is 0 Å². The summed E-state index contributed by atoms with van der Waals surface area (Å²) >= 11 is 0. The molecule has 0 aliphatic carbocycles. The molecule has 0 aliphatic rings. The highest BCUT2D eigenvalue weighted by atomic mass is 32.2. The van der Waals surface area contributed by atoms with Gasteiger partial charge in [0.15, 0.2) is 0 Å². The van der Waals surface area contributed by atoms with Crippen molar-refractivity contribution in [3.63, 3.8) is 0 Å². The highest BCUT2D eigenvalue weighted by Crippen LogP contribution is 2.27. The van der Waals surface area contributed by atoms with Crippen LogP contribution in [0.25, 0.3) is 0 Å². The van der Waals surface area contributed by atoms with Crippen molar-refractivity contribution in [1.29, 1.82) is 0 Å². The zero-order valence-corrected chi connectivity index (χ0v) is 31.3. The summed E-state index contributed by atoms with van der Waals surface area (Å²) in [5, 5.41) is 0. The minimum atomic E-state index is -3.71. The van der Waals surface area contributed by atoms with E-state index in [9.17, 15) is 16.8 Å². The van der Waals surface area contributed by atoms with Gasteiger partial charge in [-0.3, -0.25) is 0 Å². The first-order valence-electron chi connectivity index (χ1n) is 17.3. The van der Waals surface area contributed by atoms with E-state index in [1.165, 1.54) is 24.3 Å². The van der Waals surface area contributed by atoms with Crippen LogP contribution in [0.5, 0.6) is 23.0 Å². The molecule has 0 saturated carbocycles. The smallest absolute Gasteiger partial charge is 0.206 e. The first kappa shape index (κ1) is 38.8. The van der Waals surface area contributed by atoms with Gasteiger partial charge in [0.1, 0.15) is 35.7 Å². The number of benzene rings is 4. The normalized spacial score (nSPS) is 12.5. The average molecular weight is 723 g/mol. The van der Waals surface area contributed by atoms with Gasteiger partial charge in [-0.15, -0.1) is 0 Å². The zero-order chi connectivity index (χ0) is 36.1. The molecule has 50 heavy (non-hydrogen) atoms. The van der Waals surface area contributed by atoms with Gasteiger partial charge in [0.25, 0.3) is 0 Å². The van der Waals surface area contributed by atoms with Gasteiger partial charge in [0.05, 0.1) is 32.8 Å². The number of ether oxygens (including phenoxy) is 4. The van der Waals surface area contributed by atoms with E-state index in [-0.39, 0.29) is 32.3 Å². The predicted molar refractivity (Wildman–Crippen MR) is 196 cm³/mol. The third kappa shape index (κ3) is 11.3. The third-order valence-electron chi connectivity index (χ3n) is 8.12. The van der Waals surface area contributed by atoms with Crippen molar-refractivity contribution < 1.29 is 35.8 Å². The van der Waals surface area contributed by atoms with Gasteiger partial charge in [0.2, 0.25) is 19.7 Å². The Morgan fingerprint density at radius 3 is 1.12 bits per heavy atom. The Morgan fingerprint density at radius 1 is 0.480 bits per heavy atom. The zero-order valence-electron chi connectivity index (χ0n) is 29.7. The highest BCUT2D eigenvalue weighted by molar-refractivity contribution is 7.91. The summed E-state index contributed by atoms with van der Waals surface area (Å²) in [7, 11) is -7.43. The number of sulfone groups is 2. The second-order valence-corrected chi connectivity index (χ2v) is 17.0. The summed E-state index contributed by atoms with van der Waals surface area (Å²) in [6, 6.07) is 25.6. The van der Waals surface area contributed by atoms with Gasteiger partial charge in [-0.05, 0) is 141 Å². The summed E-state index contributed by atoms with van der Waals surface area (Å²) in [6.07, 6.45) is 4.36. The molecule has 0 fully saturated rings. The van der Waals surface area contributed by atoms with E-state index in [2.05, 4.69) is 27.7 Å². The van der Waals surface area contributed by atoms with Crippen LogP contribution in [0.3, 0.4) is 0 Å². The summed E-state index contributed by atoms with van der Waals surface area (Å²) < 4.78 is 76.4. The quantitative estimate of drug-likeness (QED) is 0.0832. The van der Waals surface area contributed by atoms with Crippen molar-refractivity contribution >= 4 is 19.7 Å². The summed E-state index contributed by atoms with van der Waals surface area (Å²) in [5.41, 5.74) is 0. The number of rotatable bonds is 20. The lowest BCUT2D eigenvalue weighted by Crippen LogP contribution is -2.24. The first-order valence-corrected chi connectivity index (χ1v) is 20.3. The van der Waals surface area contributed by atoms with E-state index in [0.717, 1.165) is 25.7 Å². The first-order chi connectivity index (χ1) is 23.9. The molecule has 10 heteroatoms.